The average molecular weight is 335 g/mol. The highest BCUT2D eigenvalue weighted by atomic mass is 79.9. The zero-order valence-corrected chi connectivity index (χ0v) is 14.0. The minimum absolute atomic E-state index is 0.126. The van der Waals surface area contributed by atoms with Crippen LogP contribution in [0.15, 0.2) is 32.9 Å². The molecule has 0 atom stereocenters. The smallest absolute Gasteiger partial charge is 0.251 e. The number of amidine groups is 1. The van der Waals surface area contributed by atoms with E-state index in [1.54, 1.807) is 4.90 Å². The Labute approximate surface area is 122 Å². The molecule has 98 valence electrons. The minimum Gasteiger partial charge on any atom is -0.296 e. The number of fused-ring (bicyclic) bond motifs is 3. The lowest BCUT2D eigenvalue weighted by molar-refractivity contribution is -0.121. The van der Waals surface area contributed by atoms with Gasteiger partial charge in [-0.15, -0.1) is 0 Å². The van der Waals surface area contributed by atoms with Crippen LogP contribution in [0.3, 0.4) is 0 Å². The number of hydrogen-bond acceptors (Lipinski definition) is 2. The summed E-state index contributed by atoms with van der Waals surface area (Å²) in [6, 6.07) is 6.07. The van der Waals surface area contributed by atoms with Gasteiger partial charge in [0.25, 0.3) is 5.91 Å². The summed E-state index contributed by atoms with van der Waals surface area (Å²) in [5, 5.41) is 0.995. The van der Waals surface area contributed by atoms with Crippen molar-refractivity contribution in [1.82, 2.24) is 4.90 Å². The summed E-state index contributed by atoms with van der Waals surface area (Å²) >= 11 is 3.47. The van der Waals surface area contributed by atoms with E-state index >= 15 is 0 Å². The molecule has 3 rings (SSSR count). The van der Waals surface area contributed by atoms with Crippen molar-refractivity contribution in [1.29, 1.82) is 0 Å². The summed E-state index contributed by atoms with van der Waals surface area (Å²) in [6.07, 6.45) is 0. The van der Waals surface area contributed by atoms with Gasteiger partial charge in [-0.2, -0.15) is 0 Å². The second kappa shape index (κ2) is 3.90. The molecule has 5 heteroatoms. The van der Waals surface area contributed by atoms with Crippen molar-refractivity contribution in [3.05, 3.63) is 33.4 Å². The minimum atomic E-state index is -1.70. The number of nitrogens with zero attached hydrogens (tertiary/aromatic N) is 2. The monoisotopic (exact) mass is 334 g/mol. The quantitative estimate of drug-likeness (QED) is 0.722. The van der Waals surface area contributed by atoms with E-state index in [1.807, 2.05) is 19.2 Å². The Balaban J connectivity index is 2.32. The molecule has 2 aliphatic heterocycles. The summed E-state index contributed by atoms with van der Waals surface area (Å²) in [5.41, 5.74) is 3.11. The molecule has 0 aromatic heterocycles. The number of hydrogen-bond donors (Lipinski definition) is 0. The van der Waals surface area contributed by atoms with Gasteiger partial charge in [-0.3, -0.25) is 9.69 Å². The van der Waals surface area contributed by atoms with Crippen LogP contribution in [0.5, 0.6) is 0 Å². The van der Waals surface area contributed by atoms with E-state index in [-0.39, 0.29) is 5.91 Å². The highest BCUT2D eigenvalue weighted by Crippen LogP contribution is 2.44. The van der Waals surface area contributed by atoms with E-state index < -0.39 is 8.07 Å². The maximum absolute atomic E-state index is 12.5. The first-order valence-electron chi connectivity index (χ1n) is 6.22. The largest absolute Gasteiger partial charge is 0.296 e. The normalized spacial score (nSPS) is 17.8. The molecule has 1 aromatic rings. The molecule has 1 amide bonds. The predicted octanol–water partition coefficient (Wildman–Crippen LogP) is 3.60. The van der Waals surface area contributed by atoms with Gasteiger partial charge in [0.2, 0.25) is 0 Å². The lowest BCUT2D eigenvalue weighted by Crippen LogP contribution is -2.34. The van der Waals surface area contributed by atoms with Gasteiger partial charge in [-0.1, -0.05) is 41.6 Å². The summed E-state index contributed by atoms with van der Waals surface area (Å²) in [7, 11) is 0.114. The Bertz CT molecular complexity index is 671. The fourth-order valence-corrected chi connectivity index (χ4v) is 4.81. The topological polar surface area (TPSA) is 32.7 Å². The van der Waals surface area contributed by atoms with Crippen LogP contribution in [0.2, 0.25) is 19.6 Å². The molecule has 0 N–H and O–H groups in total. The second-order valence-electron chi connectivity index (χ2n) is 5.96. The molecule has 0 spiro atoms. The third-order valence-corrected chi connectivity index (χ3v) is 5.97. The second-order valence-corrected chi connectivity index (χ2v) is 11.9. The van der Waals surface area contributed by atoms with E-state index in [4.69, 9.17) is 0 Å². The highest BCUT2D eigenvalue weighted by Gasteiger charge is 2.43. The molecule has 0 radical (unpaired) electrons. The van der Waals surface area contributed by atoms with Gasteiger partial charge in [0.15, 0.2) is 0 Å². The van der Waals surface area contributed by atoms with Crippen molar-refractivity contribution in [3.63, 3.8) is 0 Å². The summed E-state index contributed by atoms with van der Waals surface area (Å²) < 4.78 is 1.01. The van der Waals surface area contributed by atoms with Gasteiger partial charge in [-0.05, 0) is 12.1 Å². The molecule has 0 fully saturated rings. The molecule has 19 heavy (non-hydrogen) atoms. The van der Waals surface area contributed by atoms with Crippen molar-refractivity contribution < 1.29 is 4.79 Å². The fraction of sp³-hybridized carbons (Fsp3) is 0.286. The third-order valence-electron chi connectivity index (χ3n) is 3.52. The Hall–Kier alpha value is -1.20. The van der Waals surface area contributed by atoms with E-state index in [0.29, 0.717) is 0 Å². The first-order chi connectivity index (χ1) is 8.80. The Morgan fingerprint density at radius 3 is 2.58 bits per heavy atom. The molecule has 2 heterocycles. The molecule has 0 aliphatic carbocycles. The molecular formula is C14H15BrN2OSi. The first-order valence-corrected chi connectivity index (χ1v) is 10.5. The van der Waals surface area contributed by atoms with E-state index in [0.717, 1.165) is 32.3 Å². The van der Waals surface area contributed by atoms with Gasteiger partial charge in [0, 0.05) is 27.9 Å². The van der Waals surface area contributed by atoms with Crippen molar-refractivity contribution >= 4 is 47.0 Å². The predicted molar refractivity (Wildman–Crippen MR) is 84.3 cm³/mol. The number of halogens is 1. The lowest BCUT2D eigenvalue weighted by atomic mass is 10.1. The van der Waals surface area contributed by atoms with E-state index in [1.165, 1.54) is 0 Å². The number of amides is 1. The van der Waals surface area contributed by atoms with Crippen LogP contribution in [-0.2, 0) is 4.79 Å². The fourth-order valence-electron chi connectivity index (χ4n) is 2.65. The number of rotatable bonds is 1. The molecule has 0 unspecified atom stereocenters. The number of carbonyl (C=O) groups excluding carboxylic acids is 1. The van der Waals surface area contributed by atoms with E-state index in [9.17, 15) is 4.79 Å². The maximum Gasteiger partial charge on any atom is 0.251 e. The number of aliphatic imine (C=N–C) groups is 1. The summed E-state index contributed by atoms with van der Waals surface area (Å²) in [6.45, 7) is 6.63. The van der Waals surface area contributed by atoms with Crippen molar-refractivity contribution in [2.75, 3.05) is 7.05 Å². The van der Waals surface area contributed by atoms with E-state index in [2.05, 4.69) is 46.6 Å². The Morgan fingerprint density at radius 1 is 1.26 bits per heavy atom. The van der Waals surface area contributed by atoms with Crippen LogP contribution in [0.4, 0.5) is 5.69 Å². The first kappa shape index (κ1) is 12.8. The number of carbonyl (C=O) groups is 1. The molecule has 0 saturated heterocycles. The van der Waals surface area contributed by atoms with Gasteiger partial charge < -0.3 is 0 Å². The van der Waals surface area contributed by atoms with Crippen molar-refractivity contribution in [2.24, 2.45) is 4.99 Å². The zero-order chi connectivity index (χ0) is 13.9. The molecule has 2 aliphatic rings. The lowest BCUT2D eigenvalue weighted by Gasteiger charge is -2.18. The van der Waals surface area contributed by atoms with Gasteiger partial charge in [0.1, 0.15) is 5.84 Å². The molecule has 0 saturated carbocycles. The third kappa shape index (κ3) is 1.75. The molecule has 1 aromatic carbocycles. The summed E-state index contributed by atoms with van der Waals surface area (Å²) in [5.74, 6) is 0.942. The zero-order valence-electron chi connectivity index (χ0n) is 11.4. The molecular weight excluding hydrogens is 320 g/mol. The van der Waals surface area contributed by atoms with Crippen molar-refractivity contribution in [3.8, 4) is 0 Å². The van der Waals surface area contributed by atoms with Crippen LogP contribution in [0.25, 0.3) is 5.57 Å². The Morgan fingerprint density at radius 2 is 1.95 bits per heavy atom. The highest BCUT2D eigenvalue weighted by molar-refractivity contribution is 9.10. The van der Waals surface area contributed by atoms with Crippen LogP contribution in [-0.4, -0.2) is 31.8 Å². The molecule has 3 nitrogen and oxygen atoms in total. The number of likely N-dealkylation sites (N-methyl/N-ethyl adjacent to an activating group) is 1. The van der Waals surface area contributed by atoms with Crippen LogP contribution in [0, 0.1) is 0 Å². The van der Waals surface area contributed by atoms with Crippen LogP contribution >= 0.6 is 15.9 Å². The molecule has 0 bridgehead atoms. The van der Waals surface area contributed by atoms with Crippen molar-refractivity contribution in [2.45, 2.75) is 19.6 Å². The maximum atomic E-state index is 12.5. The summed E-state index contributed by atoms with van der Waals surface area (Å²) in [4.78, 5) is 18.8. The SMILES string of the molecule is CN1C(=O)C([Si](C)(C)C)=C2C1=Nc1cc(Br)ccc12. The average Bonchev–Trinajstić information content (AvgIpc) is 2.75. The van der Waals surface area contributed by atoms with Crippen LogP contribution in [0.1, 0.15) is 5.56 Å². The Kier molecular flexibility index (Phi) is 2.63. The standard InChI is InChI=1S/C14H15BrN2OSi/c1-17-13-11(12(14(17)18)19(2,3)4)9-6-5-8(15)7-10(9)16-13/h5-7H,1-4H3. The number of benzene rings is 1. The van der Waals surface area contributed by atoms with Gasteiger partial charge in [0.05, 0.1) is 13.8 Å². The van der Waals surface area contributed by atoms with Crippen LogP contribution < -0.4 is 0 Å². The van der Waals surface area contributed by atoms with Gasteiger partial charge in [-0.25, -0.2) is 4.99 Å². The van der Waals surface area contributed by atoms with Gasteiger partial charge >= 0.3 is 0 Å².